The Morgan fingerprint density at radius 1 is 0.239 bits per heavy atom. The van der Waals surface area contributed by atoms with Crippen LogP contribution in [0.4, 0.5) is 0 Å². The highest BCUT2D eigenvalue weighted by Crippen LogP contribution is 2.65. The van der Waals surface area contributed by atoms with Gasteiger partial charge in [-0.05, 0) is 174 Å². The van der Waals surface area contributed by atoms with Gasteiger partial charge in [-0.15, -0.1) is 0 Å². The zero-order valence-electron chi connectivity index (χ0n) is 80.6. The predicted molar refractivity (Wildman–Crippen MR) is 575 cm³/mol. The molecule has 8 aromatic heterocycles. The molecule has 684 valence electrons. The molecule has 27 rings (SSSR count). The number of rotatable bonds is 13. The van der Waals surface area contributed by atoms with Crippen molar-refractivity contribution in [3.05, 3.63) is 410 Å². The summed E-state index contributed by atoms with van der Waals surface area (Å²) in [6, 6.07) is 128. The van der Waals surface area contributed by atoms with Crippen LogP contribution in [-0.2, 0) is 16.2 Å². The van der Waals surface area contributed by atoms with Crippen molar-refractivity contribution >= 4 is 87.8 Å². The van der Waals surface area contributed by atoms with E-state index in [1.54, 1.807) is 6.20 Å². The zero-order valence-corrected chi connectivity index (χ0v) is 80.6. The minimum Gasteiger partial charge on any atom is -0.456 e. The van der Waals surface area contributed by atoms with Gasteiger partial charge in [0.25, 0.3) is 0 Å². The monoisotopic (exact) mass is 1840 g/mol. The molecule has 0 fully saturated rings. The molecule has 16 aromatic carbocycles. The molecule has 0 bridgehead atoms. The fourth-order valence-electron chi connectivity index (χ4n) is 23.3. The van der Waals surface area contributed by atoms with Crippen molar-refractivity contribution in [1.29, 1.82) is 0 Å². The van der Waals surface area contributed by atoms with Crippen LogP contribution in [0.5, 0.6) is 0 Å². The third kappa shape index (κ3) is 13.6. The molecule has 0 aliphatic heterocycles. The lowest BCUT2D eigenvalue weighted by atomic mass is 9.61. The van der Waals surface area contributed by atoms with Gasteiger partial charge in [-0.3, -0.25) is 4.98 Å². The summed E-state index contributed by atoms with van der Waals surface area (Å²) in [4.78, 5) is 50.1. The van der Waals surface area contributed by atoms with Gasteiger partial charge < -0.3 is 17.7 Å². The third-order valence-corrected chi connectivity index (χ3v) is 30.6. The Hall–Kier alpha value is -17.1. The fraction of sp³-hybridized carbons (Fsp3) is 0.141. The van der Waals surface area contributed by atoms with Gasteiger partial charge >= 0.3 is 0 Å². The van der Waals surface area contributed by atoms with Crippen molar-refractivity contribution in [3.8, 4) is 147 Å². The van der Waals surface area contributed by atoms with Crippen LogP contribution in [-0.4, -0.2) is 49.8 Å². The van der Waals surface area contributed by atoms with Crippen molar-refractivity contribution < 1.29 is 17.7 Å². The van der Waals surface area contributed by atoms with Gasteiger partial charge in [0.05, 0.1) is 5.56 Å². The average Bonchev–Trinajstić information content (AvgIpc) is 1.52. The minimum absolute atomic E-state index is 0.151. The molecule has 8 heterocycles. The maximum atomic E-state index is 6.74. The van der Waals surface area contributed by atoms with Crippen molar-refractivity contribution in [2.75, 3.05) is 0 Å². The molecule has 24 aromatic rings. The summed E-state index contributed by atoms with van der Waals surface area (Å²) in [7, 11) is 0. The first-order valence-corrected chi connectivity index (χ1v) is 49.0. The number of hydrogen-bond acceptors (Lipinski definition) is 14. The molecule has 0 saturated carbocycles. The van der Waals surface area contributed by atoms with Crippen molar-refractivity contribution in [2.24, 2.45) is 23.2 Å². The molecule has 3 aliphatic carbocycles. The Labute approximate surface area is 822 Å². The van der Waals surface area contributed by atoms with Crippen LogP contribution in [0.25, 0.3) is 235 Å². The number of nitrogens with zero attached hydrogens (tertiary/aromatic N) is 10. The molecule has 0 radical (unpaired) electrons. The van der Waals surface area contributed by atoms with E-state index in [4.69, 9.17) is 62.5 Å². The first kappa shape index (κ1) is 86.5. The van der Waals surface area contributed by atoms with E-state index >= 15 is 0 Å². The fourth-order valence-corrected chi connectivity index (χ4v) is 23.3. The number of aromatic nitrogens is 10. The molecule has 3 aliphatic rings. The van der Waals surface area contributed by atoms with Crippen molar-refractivity contribution in [2.45, 2.75) is 92.4 Å². The maximum Gasteiger partial charge on any atom is 0.182 e. The van der Waals surface area contributed by atoms with Gasteiger partial charge in [0, 0.05) is 104 Å². The number of pyridine rings is 1. The molecule has 14 nitrogen and oxygen atoms in total. The van der Waals surface area contributed by atoms with Gasteiger partial charge in [-0.25, -0.2) is 44.9 Å². The minimum atomic E-state index is -0.366. The summed E-state index contributed by atoms with van der Waals surface area (Å²) >= 11 is 0. The van der Waals surface area contributed by atoms with Gasteiger partial charge in [0.2, 0.25) is 0 Å². The van der Waals surface area contributed by atoms with E-state index in [0.29, 0.717) is 75.9 Å². The molecule has 2 atom stereocenters. The quantitative estimate of drug-likeness (QED) is 0.106. The predicted octanol–water partition coefficient (Wildman–Crippen LogP) is 33.1. The zero-order chi connectivity index (χ0) is 96.2. The molecule has 14 heteroatoms. The average molecular weight is 1840 g/mol. The number of para-hydroxylation sites is 4. The Morgan fingerprint density at radius 3 is 1.14 bits per heavy atom. The number of fused-ring (bicyclic) bond motifs is 24. The standard InChI is InChI=1S/C45H33N3O2.C44H33N3O.C39H32N4O/c1-44(2,3)45(4)33-22-24-37-39(29-16-9-11-20-35(29)50-37)38(33)30-17-12-18-31(40(30)45)43-47-41(26-13-6-5-7-14-26)46-42(48-43)27-21-23-36-32(25-27)28-15-8-10-19-34(28)49-36;1-27(2)44(3)35-25-26-37-39(33-17-10-11-20-36(33)48-37)38(35)34-19-12-18-32(40(34)44)28-21-23-31(24-22-28)43-46-41(29-13-6-4-7-14-29)45-42(47-43)30-15-8-5-9-16-30;1-23(2)39(24(3)4)29-18-10-8-16-26(29)33-30(39)22-28(35-34(33)27-17-9-11-20-32(27)44-35)37-41-36(25-14-6-5-7-15-25)42-38(43-37)31-19-12-13-21-40-31/h5-25H,1-4H3;4-27H,1-3H3;5-24H,1-4H3. The number of benzene rings is 16. The second-order valence-corrected chi connectivity index (χ2v) is 40.0. The van der Waals surface area contributed by atoms with E-state index in [1.165, 1.54) is 88.7 Å². The SMILES string of the molecule is CC(C)(C)C1(C)c2ccc3oc4ccccc4c3c2-c2cccc(-c3nc(-c4ccccc4)nc(-c4ccc5oc6ccccc6c5c4)n3)c21.CC(C)C1(C(C)C)c2ccccc2-c2c1cc(-c1nc(-c3ccccc3)nc(-c3ccccn3)n1)c1oc3ccccc3c21.CC(C)C1(C)c2ccc3oc4ccccc4c3c2-c2cccc(-c3ccc(-c4nc(-c5ccccc5)nc(-c5ccccc5)n4)cc3)c21. The van der Waals surface area contributed by atoms with E-state index in [-0.39, 0.29) is 21.7 Å². The lowest BCUT2D eigenvalue weighted by Crippen LogP contribution is -2.37. The summed E-state index contributed by atoms with van der Waals surface area (Å²) in [5.41, 5.74) is 32.2. The molecule has 0 saturated heterocycles. The number of hydrogen-bond donors (Lipinski definition) is 0. The topological polar surface area (TPSA) is 181 Å². The van der Waals surface area contributed by atoms with Gasteiger partial charge in [-0.1, -0.05) is 373 Å². The third-order valence-electron chi connectivity index (χ3n) is 30.6. The summed E-state index contributed by atoms with van der Waals surface area (Å²) in [6.45, 7) is 25.9. The van der Waals surface area contributed by atoms with Gasteiger partial charge in [0.1, 0.15) is 50.4 Å². The highest BCUT2D eigenvalue weighted by molar-refractivity contribution is 6.20. The van der Waals surface area contributed by atoms with Crippen LogP contribution in [0.15, 0.2) is 394 Å². The first-order chi connectivity index (χ1) is 69.3. The van der Waals surface area contributed by atoms with E-state index in [2.05, 4.69) is 269 Å². The van der Waals surface area contributed by atoms with E-state index in [0.717, 1.165) is 121 Å². The molecular weight excluding hydrogens is 1740 g/mol. The lowest BCUT2D eigenvalue weighted by molar-refractivity contribution is 0.255. The Balaban J connectivity index is 0.000000112. The second-order valence-electron chi connectivity index (χ2n) is 40.0. The largest absolute Gasteiger partial charge is 0.456 e. The van der Waals surface area contributed by atoms with Crippen LogP contribution in [0, 0.1) is 23.2 Å². The second kappa shape index (κ2) is 33.6. The van der Waals surface area contributed by atoms with Crippen molar-refractivity contribution in [3.63, 3.8) is 0 Å². The Morgan fingerprint density at radius 2 is 0.613 bits per heavy atom. The molecule has 2 unspecified atom stereocenters. The van der Waals surface area contributed by atoms with E-state index in [1.807, 2.05) is 182 Å². The van der Waals surface area contributed by atoms with E-state index < -0.39 is 0 Å². The molecule has 0 spiro atoms. The molecule has 0 amide bonds. The maximum absolute atomic E-state index is 6.74. The van der Waals surface area contributed by atoms with Crippen LogP contribution in [0.3, 0.4) is 0 Å². The highest BCUT2D eigenvalue weighted by atomic mass is 16.3. The van der Waals surface area contributed by atoms with E-state index in [9.17, 15) is 0 Å². The molecular formula is C128H98N10O4. The first-order valence-electron chi connectivity index (χ1n) is 49.0. The van der Waals surface area contributed by atoms with Crippen LogP contribution in [0.1, 0.15) is 110 Å². The smallest absolute Gasteiger partial charge is 0.182 e. The van der Waals surface area contributed by atoms with Gasteiger partial charge in [0.15, 0.2) is 52.4 Å². The Kier molecular flexibility index (Phi) is 20.5. The summed E-state index contributed by atoms with van der Waals surface area (Å²) < 4.78 is 25.7. The Bertz CT molecular complexity index is 9030. The van der Waals surface area contributed by atoms with Crippen LogP contribution < -0.4 is 0 Å². The number of furan rings is 4. The summed E-state index contributed by atoms with van der Waals surface area (Å²) in [5.74, 6) is 6.64. The molecule has 0 N–H and O–H groups in total. The normalized spacial score (nSPS) is 14.9. The summed E-state index contributed by atoms with van der Waals surface area (Å²) in [6.07, 6.45) is 1.77. The highest BCUT2D eigenvalue weighted by Gasteiger charge is 2.52. The molecule has 142 heavy (non-hydrogen) atoms. The van der Waals surface area contributed by atoms with Crippen LogP contribution in [0.2, 0.25) is 0 Å². The van der Waals surface area contributed by atoms with Crippen LogP contribution >= 0.6 is 0 Å². The van der Waals surface area contributed by atoms with Crippen molar-refractivity contribution in [1.82, 2.24) is 49.8 Å². The lowest BCUT2D eigenvalue weighted by Gasteiger charge is -2.41. The van der Waals surface area contributed by atoms with Gasteiger partial charge in [-0.2, -0.15) is 0 Å². The summed E-state index contributed by atoms with van der Waals surface area (Å²) in [5, 5.41) is 8.98.